The maximum absolute atomic E-state index is 12.4. The van der Waals surface area contributed by atoms with Crippen molar-refractivity contribution in [2.75, 3.05) is 11.1 Å². The highest BCUT2D eigenvalue weighted by molar-refractivity contribution is 8.00. The summed E-state index contributed by atoms with van der Waals surface area (Å²) >= 11 is 7.32. The zero-order valence-corrected chi connectivity index (χ0v) is 17.5. The molecule has 0 bridgehead atoms. The molecule has 0 saturated heterocycles. The maximum Gasteiger partial charge on any atom is 0.234 e. The van der Waals surface area contributed by atoms with E-state index in [-0.39, 0.29) is 11.7 Å². The number of nitrogens with one attached hydrogen (secondary N) is 1. The third-order valence-electron chi connectivity index (χ3n) is 4.41. The Balaban J connectivity index is 1.51. The van der Waals surface area contributed by atoms with Gasteiger partial charge in [0, 0.05) is 10.7 Å². The molecule has 29 heavy (non-hydrogen) atoms. The fourth-order valence-corrected chi connectivity index (χ4v) is 3.89. The summed E-state index contributed by atoms with van der Waals surface area (Å²) < 4.78 is 1.78. The molecule has 146 valence electrons. The van der Waals surface area contributed by atoms with E-state index in [1.165, 1.54) is 23.7 Å². The van der Waals surface area contributed by atoms with E-state index in [0.29, 0.717) is 10.7 Å². The summed E-state index contributed by atoms with van der Waals surface area (Å²) in [5.41, 5.74) is 4.48. The van der Waals surface area contributed by atoms with E-state index in [0.717, 1.165) is 27.4 Å². The number of halogens is 1. The number of fused-ring (bicyclic) bond motifs is 1. The number of hydrogen-bond donors (Lipinski definition) is 1. The number of benzene rings is 2. The highest BCUT2D eigenvalue weighted by atomic mass is 35.5. The Morgan fingerprint density at radius 3 is 2.69 bits per heavy atom. The molecule has 4 aromatic rings. The number of aryl methyl sites for hydroxylation is 2. The Kier molecular flexibility index (Phi) is 5.51. The topological polar surface area (TPSA) is 72.7 Å². The Hall–Kier alpha value is -2.90. The summed E-state index contributed by atoms with van der Waals surface area (Å²) in [6, 6.07) is 13.4. The SMILES string of the molecule is Cc1ccc(-n2ncc3c(SCC(=O)Nc4ccc(Cl)cc4C)ncnc32)cc1. The zero-order valence-electron chi connectivity index (χ0n) is 15.9. The largest absolute Gasteiger partial charge is 0.325 e. The molecular formula is C21H18ClN5OS. The lowest BCUT2D eigenvalue weighted by Gasteiger charge is -2.08. The number of aromatic nitrogens is 4. The molecule has 1 N–H and O–H groups in total. The van der Waals surface area contributed by atoms with Crippen LogP contribution in [0, 0.1) is 13.8 Å². The van der Waals surface area contributed by atoms with Crippen molar-refractivity contribution in [2.24, 2.45) is 0 Å². The number of rotatable bonds is 5. The van der Waals surface area contributed by atoms with Gasteiger partial charge in [0.15, 0.2) is 5.65 Å². The predicted octanol–water partition coefficient (Wildman–Crippen LogP) is 4.82. The molecule has 0 aliphatic heterocycles. The minimum atomic E-state index is -0.113. The molecule has 1 amide bonds. The number of nitrogens with zero attached hydrogens (tertiary/aromatic N) is 4. The summed E-state index contributed by atoms with van der Waals surface area (Å²) in [5.74, 6) is 0.113. The van der Waals surface area contributed by atoms with E-state index in [1.807, 2.05) is 44.2 Å². The van der Waals surface area contributed by atoms with Crippen molar-refractivity contribution in [3.63, 3.8) is 0 Å². The van der Waals surface area contributed by atoms with Crippen molar-refractivity contribution in [3.8, 4) is 5.69 Å². The average Bonchev–Trinajstić information content (AvgIpc) is 3.14. The van der Waals surface area contributed by atoms with Gasteiger partial charge in [0.1, 0.15) is 11.4 Å². The summed E-state index contributed by atoms with van der Waals surface area (Å²) in [6.45, 7) is 3.94. The third kappa shape index (κ3) is 4.26. The molecule has 0 aliphatic carbocycles. The van der Waals surface area contributed by atoms with Gasteiger partial charge in [0.25, 0.3) is 0 Å². The van der Waals surface area contributed by atoms with E-state index < -0.39 is 0 Å². The molecule has 2 aromatic heterocycles. The van der Waals surface area contributed by atoms with Gasteiger partial charge in [-0.3, -0.25) is 4.79 Å². The standard InChI is InChI=1S/C21H18ClN5OS/c1-13-3-6-16(7-4-13)27-20-17(10-25-27)21(24-12-23-20)29-11-19(28)26-18-8-5-15(22)9-14(18)2/h3-10,12H,11H2,1-2H3,(H,26,28). The van der Waals surface area contributed by atoms with E-state index in [1.54, 1.807) is 23.0 Å². The third-order valence-corrected chi connectivity index (χ3v) is 5.65. The van der Waals surface area contributed by atoms with Crippen LogP contribution in [-0.2, 0) is 4.79 Å². The van der Waals surface area contributed by atoms with Gasteiger partial charge < -0.3 is 5.32 Å². The molecule has 6 nitrogen and oxygen atoms in total. The molecule has 0 aliphatic rings. The van der Waals surface area contributed by atoms with Crippen molar-refractivity contribution in [3.05, 3.63) is 71.1 Å². The maximum atomic E-state index is 12.4. The van der Waals surface area contributed by atoms with E-state index in [2.05, 4.69) is 20.4 Å². The Labute approximate surface area is 177 Å². The molecule has 8 heteroatoms. The van der Waals surface area contributed by atoms with Gasteiger partial charge in [0.2, 0.25) is 5.91 Å². The van der Waals surface area contributed by atoms with Crippen LogP contribution in [0.25, 0.3) is 16.7 Å². The van der Waals surface area contributed by atoms with Gasteiger partial charge in [0.05, 0.1) is 23.0 Å². The first-order valence-corrected chi connectivity index (χ1v) is 10.3. The lowest BCUT2D eigenvalue weighted by Crippen LogP contribution is -2.15. The molecule has 0 atom stereocenters. The highest BCUT2D eigenvalue weighted by Gasteiger charge is 2.13. The first kappa shape index (κ1) is 19.4. The fraction of sp³-hybridized carbons (Fsp3) is 0.143. The van der Waals surface area contributed by atoms with E-state index >= 15 is 0 Å². The molecule has 0 spiro atoms. The van der Waals surface area contributed by atoms with Crippen LogP contribution in [0.15, 0.2) is 60.0 Å². The van der Waals surface area contributed by atoms with Crippen molar-refractivity contribution in [1.29, 1.82) is 0 Å². The van der Waals surface area contributed by atoms with Crippen molar-refractivity contribution in [2.45, 2.75) is 18.9 Å². The van der Waals surface area contributed by atoms with Crippen molar-refractivity contribution >= 4 is 46.0 Å². The molecule has 2 aromatic carbocycles. The number of carbonyl (C=O) groups is 1. The normalized spacial score (nSPS) is 11.0. The van der Waals surface area contributed by atoms with Crippen LogP contribution in [0.4, 0.5) is 5.69 Å². The monoisotopic (exact) mass is 423 g/mol. The molecule has 0 radical (unpaired) electrons. The van der Waals surface area contributed by atoms with Gasteiger partial charge in [-0.25, -0.2) is 14.6 Å². The molecular weight excluding hydrogens is 406 g/mol. The second-order valence-electron chi connectivity index (χ2n) is 6.60. The Bertz CT molecular complexity index is 1190. The fourth-order valence-electron chi connectivity index (χ4n) is 2.90. The smallest absolute Gasteiger partial charge is 0.234 e. The minimum absolute atomic E-state index is 0.113. The second kappa shape index (κ2) is 8.23. The first-order chi connectivity index (χ1) is 14.0. The minimum Gasteiger partial charge on any atom is -0.325 e. The van der Waals surface area contributed by atoms with Crippen LogP contribution >= 0.6 is 23.4 Å². The van der Waals surface area contributed by atoms with E-state index in [4.69, 9.17) is 11.6 Å². The lowest BCUT2D eigenvalue weighted by molar-refractivity contribution is -0.113. The van der Waals surface area contributed by atoms with Gasteiger partial charge in [-0.2, -0.15) is 5.10 Å². The quantitative estimate of drug-likeness (QED) is 0.368. The first-order valence-electron chi connectivity index (χ1n) is 8.96. The van der Waals surface area contributed by atoms with Gasteiger partial charge in [-0.05, 0) is 49.7 Å². The lowest BCUT2D eigenvalue weighted by atomic mass is 10.2. The van der Waals surface area contributed by atoms with Crippen molar-refractivity contribution < 1.29 is 4.79 Å². The average molecular weight is 424 g/mol. The summed E-state index contributed by atoms with van der Waals surface area (Å²) in [6.07, 6.45) is 3.23. The van der Waals surface area contributed by atoms with Crippen LogP contribution in [0.3, 0.4) is 0 Å². The van der Waals surface area contributed by atoms with Gasteiger partial charge >= 0.3 is 0 Å². The van der Waals surface area contributed by atoms with Gasteiger partial charge in [-0.1, -0.05) is 41.1 Å². The summed E-state index contributed by atoms with van der Waals surface area (Å²) in [7, 11) is 0. The van der Waals surface area contributed by atoms with Gasteiger partial charge in [-0.15, -0.1) is 0 Å². The number of amides is 1. The number of hydrogen-bond acceptors (Lipinski definition) is 5. The molecule has 0 saturated carbocycles. The predicted molar refractivity (Wildman–Crippen MR) is 117 cm³/mol. The number of anilines is 1. The van der Waals surface area contributed by atoms with Crippen LogP contribution in [-0.4, -0.2) is 31.4 Å². The van der Waals surface area contributed by atoms with Crippen LogP contribution < -0.4 is 5.32 Å². The zero-order chi connectivity index (χ0) is 20.4. The van der Waals surface area contributed by atoms with Crippen LogP contribution in [0.1, 0.15) is 11.1 Å². The summed E-state index contributed by atoms with van der Waals surface area (Å²) in [5, 5.41) is 9.54. The van der Waals surface area contributed by atoms with Crippen molar-refractivity contribution in [1.82, 2.24) is 19.7 Å². The second-order valence-corrected chi connectivity index (χ2v) is 8.00. The molecule has 4 rings (SSSR count). The van der Waals surface area contributed by atoms with E-state index in [9.17, 15) is 4.79 Å². The molecule has 2 heterocycles. The molecule has 0 fully saturated rings. The number of carbonyl (C=O) groups excluding carboxylic acids is 1. The molecule has 0 unspecified atom stereocenters. The Morgan fingerprint density at radius 1 is 1.14 bits per heavy atom. The highest BCUT2D eigenvalue weighted by Crippen LogP contribution is 2.26. The van der Waals surface area contributed by atoms with Crippen LogP contribution in [0.2, 0.25) is 5.02 Å². The number of thioether (sulfide) groups is 1. The Morgan fingerprint density at radius 2 is 1.93 bits per heavy atom. The van der Waals surface area contributed by atoms with Crippen LogP contribution in [0.5, 0.6) is 0 Å². The summed E-state index contributed by atoms with van der Waals surface area (Å²) in [4.78, 5) is 21.1.